The van der Waals surface area contributed by atoms with E-state index in [1.807, 2.05) is 39.0 Å². The number of carbonyl (C=O) groups excluding carboxylic acids is 1. The zero-order valence-electron chi connectivity index (χ0n) is 13.4. The quantitative estimate of drug-likeness (QED) is 0.721. The molecule has 22 heavy (non-hydrogen) atoms. The Hall–Kier alpha value is -2.02. The van der Waals surface area contributed by atoms with Crippen LogP contribution in [0.5, 0.6) is 5.75 Å². The van der Waals surface area contributed by atoms with Gasteiger partial charge in [-0.2, -0.15) is 0 Å². The van der Waals surface area contributed by atoms with Crippen LogP contribution in [0, 0.1) is 0 Å². The van der Waals surface area contributed by atoms with Crippen molar-refractivity contribution in [2.45, 2.75) is 32.8 Å². The second-order valence-electron chi connectivity index (χ2n) is 5.69. The molecule has 0 heterocycles. The maximum atomic E-state index is 11.6. The van der Waals surface area contributed by atoms with E-state index in [9.17, 15) is 4.79 Å². The predicted molar refractivity (Wildman–Crippen MR) is 91.3 cm³/mol. The van der Waals surface area contributed by atoms with Crippen LogP contribution in [0.2, 0.25) is 0 Å². The molecule has 0 aliphatic heterocycles. The van der Waals surface area contributed by atoms with Gasteiger partial charge >= 0.3 is 6.09 Å². The van der Waals surface area contributed by atoms with Crippen LogP contribution in [0.25, 0.3) is 0 Å². The minimum Gasteiger partial charge on any atom is -0.496 e. The Balaban J connectivity index is 2.63. The van der Waals surface area contributed by atoms with Crippen molar-refractivity contribution in [3.8, 4) is 5.75 Å². The molecule has 1 aromatic carbocycles. The molecule has 0 atom stereocenters. The molecule has 1 rings (SSSR count). The molecule has 0 aliphatic rings. The van der Waals surface area contributed by atoms with Gasteiger partial charge in [0.2, 0.25) is 0 Å². The van der Waals surface area contributed by atoms with Gasteiger partial charge in [-0.05, 0) is 63.2 Å². The van der Waals surface area contributed by atoms with E-state index in [0.717, 1.165) is 17.0 Å². The monoisotopic (exact) mass is 325 g/mol. The first-order chi connectivity index (χ1) is 10.2. The van der Waals surface area contributed by atoms with Gasteiger partial charge in [0.25, 0.3) is 0 Å². The first-order valence-electron chi connectivity index (χ1n) is 6.91. The zero-order chi connectivity index (χ0) is 16.8. The number of nitrogens with two attached hydrogens (primary N) is 1. The third-order valence-electron chi connectivity index (χ3n) is 2.61. The molecule has 0 saturated heterocycles. The number of rotatable bonds is 5. The van der Waals surface area contributed by atoms with E-state index < -0.39 is 11.7 Å². The highest BCUT2D eigenvalue weighted by Gasteiger charge is 2.15. The number of anilines is 1. The van der Waals surface area contributed by atoms with Gasteiger partial charge in [-0.1, -0.05) is 0 Å². The van der Waals surface area contributed by atoms with Crippen LogP contribution < -0.4 is 21.1 Å². The van der Waals surface area contributed by atoms with E-state index in [1.165, 1.54) is 0 Å². The molecule has 0 radical (unpaired) electrons. The molecule has 1 aromatic rings. The maximum Gasteiger partial charge on any atom is 0.407 e. The fourth-order valence-electron chi connectivity index (χ4n) is 1.81. The van der Waals surface area contributed by atoms with Gasteiger partial charge in [0.15, 0.2) is 5.11 Å². The second-order valence-corrected chi connectivity index (χ2v) is 6.13. The Bertz CT molecular complexity index is 541. The van der Waals surface area contributed by atoms with Crippen molar-refractivity contribution in [2.75, 3.05) is 19.0 Å². The molecular formula is C15H23N3O3S. The largest absolute Gasteiger partial charge is 0.496 e. The van der Waals surface area contributed by atoms with Crippen molar-refractivity contribution in [3.63, 3.8) is 0 Å². The van der Waals surface area contributed by atoms with Crippen molar-refractivity contribution >= 4 is 29.1 Å². The number of thiocarbonyl (C=S) groups is 1. The first kappa shape index (κ1) is 18.0. The van der Waals surface area contributed by atoms with Gasteiger partial charge in [-0.15, -0.1) is 0 Å². The number of methoxy groups -OCH3 is 1. The van der Waals surface area contributed by atoms with Gasteiger partial charge in [0.05, 0.1) is 7.11 Å². The molecule has 1 amide bonds. The smallest absolute Gasteiger partial charge is 0.407 e. The van der Waals surface area contributed by atoms with Crippen LogP contribution in [0.15, 0.2) is 18.2 Å². The topological polar surface area (TPSA) is 85.6 Å². The average Bonchev–Trinajstić information content (AvgIpc) is 2.36. The average molecular weight is 325 g/mol. The lowest BCUT2D eigenvalue weighted by Gasteiger charge is -2.19. The molecule has 6 nitrogen and oxygen atoms in total. The standard InChI is InChI=1S/C15H23N3O3S/c1-15(2,3)21-14(19)17-8-7-10-9-11(18-13(16)22)5-6-12(10)20-4/h5-6,9H,7-8H2,1-4H3,(H,17,19)(H3,16,18,22). The third-order valence-corrected chi connectivity index (χ3v) is 2.71. The number of nitrogens with one attached hydrogen (secondary N) is 2. The molecule has 0 saturated carbocycles. The van der Waals surface area contributed by atoms with E-state index in [0.29, 0.717) is 13.0 Å². The third kappa shape index (κ3) is 6.62. The van der Waals surface area contributed by atoms with Crippen molar-refractivity contribution in [1.82, 2.24) is 5.32 Å². The Morgan fingerprint density at radius 3 is 2.59 bits per heavy atom. The summed E-state index contributed by atoms with van der Waals surface area (Å²) in [5, 5.41) is 5.78. The summed E-state index contributed by atoms with van der Waals surface area (Å²) in [7, 11) is 1.60. The lowest BCUT2D eigenvalue weighted by Crippen LogP contribution is -2.33. The number of hydrogen-bond donors (Lipinski definition) is 3. The summed E-state index contributed by atoms with van der Waals surface area (Å²) in [6.07, 6.45) is 0.152. The molecule has 0 aliphatic carbocycles. The van der Waals surface area contributed by atoms with Crippen molar-refractivity contribution in [1.29, 1.82) is 0 Å². The molecule has 0 aromatic heterocycles. The highest BCUT2D eigenvalue weighted by atomic mass is 32.1. The van der Waals surface area contributed by atoms with Crippen molar-refractivity contribution < 1.29 is 14.3 Å². The summed E-state index contributed by atoms with van der Waals surface area (Å²) in [6, 6.07) is 5.53. The summed E-state index contributed by atoms with van der Waals surface area (Å²) in [4.78, 5) is 11.6. The van der Waals surface area contributed by atoms with Gasteiger partial charge in [0.1, 0.15) is 11.4 Å². The molecule has 0 bridgehead atoms. The molecule has 0 fully saturated rings. The normalized spacial score (nSPS) is 10.7. The molecular weight excluding hydrogens is 302 g/mol. The van der Waals surface area contributed by atoms with E-state index in [2.05, 4.69) is 10.6 Å². The van der Waals surface area contributed by atoms with Crippen LogP contribution in [-0.4, -0.2) is 30.5 Å². The SMILES string of the molecule is COc1ccc(NC(N)=S)cc1CCNC(=O)OC(C)(C)C. The maximum absolute atomic E-state index is 11.6. The lowest BCUT2D eigenvalue weighted by molar-refractivity contribution is 0.0528. The Morgan fingerprint density at radius 2 is 2.05 bits per heavy atom. The lowest BCUT2D eigenvalue weighted by atomic mass is 10.1. The highest BCUT2D eigenvalue weighted by molar-refractivity contribution is 7.80. The summed E-state index contributed by atoms with van der Waals surface area (Å²) in [6.45, 7) is 5.89. The predicted octanol–water partition coefficient (Wildman–Crippen LogP) is 2.42. The van der Waals surface area contributed by atoms with Gasteiger partial charge in [-0.25, -0.2) is 4.79 Å². The summed E-state index contributed by atoms with van der Waals surface area (Å²) < 4.78 is 10.5. The number of hydrogen-bond acceptors (Lipinski definition) is 4. The molecule has 7 heteroatoms. The van der Waals surface area contributed by atoms with Crippen LogP contribution in [-0.2, 0) is 11.2 Å². The van der Waals surface area contributed by atoms with E-state index >= 15 is 0 Å². The number of alkyl carbamates (subject to hydrolysis) is 1. The fourth-order valence-corrected chi connectivity index (χ4v) is 1.93. The molecule has 4 N–H and O–H groups in total. The van der Waals surface area contributed by atoms with Gasteiger partial charge in [-0.3, -0.25) is 0 Å². The zero-order valence-corrected chi connectivity index (χ0v) is 14.2. The van der Waals surface area contributed by atoms with Gasteiger partial charge < -0.3 is 25.8 Å². The minimum atomic E-state index is -0.511. The van der Waals surface area contributed by atoms with Crippen molar-refractivity contribution in [3.05, 3.63) is 23.8 Å². The summed E-state index contributed by atoms with van der Waals surface area (Å²) >= 11 is 4.82. The van der Waals surface area contributed by atoms with Crippen LogP contribution >= 0.6 is 12.2 Å². The Labute approximate surface area is 136 Å². The minimum absolute atomic E-state index is 0.197. The number of ether oxygens (including phenoxy) is 2. The number of amides is 1. The Morgan fingerprint density at radius 1 is 1.36 bits per heavy atom. The summed E-state index contributed by atoms with van der Waals surface area (Å²) in [5.74, 6) is 0.736. The highest BCUT2D eigenvalue weighted by Crippen LogP contribution is 2.23. The number of carbonyl (C=O) groups is 1. The van der Waals surface area contributed by atoms with Crippen LogP contribution in [0.4, 0.5) is 10.5 Å². The first-order valence-corrected chi connectivity index (χ1v) is 7.32. The molecule has 0 unspecified atom stereocenters. The molecule has 0 spiro atoms. The number of benzene rings is 1. The van der Waals surface area contributed by atoms with Crippen molar-refractivity contribution in [2.24, 2.45) is 5.73 Å². The molecule has 122 valence electrons. The van der Waals surface area contributed by atoms with E-state index in [4.69, 9.17) is 27.4 Å². The van der Waals surface area contributed by atoms with E-state index in [-0.39, 0.29) is 5.11 Å². The summed E-state index contributed by atoms with van der Waals surface area (Å²) in [5.41, 5.74) is 6.66. The van der Waals surface area contributed by atoms with E-state index in [1.54, 1.807) is 7.11 Å². The fraction of sp³-hybridized carbons (Fsp3) is 0.467. The van der Waals surface area contributed by atoms with Crippen LogP contribution in [0.1, 0.15) is 26.3 Å². The van der Waals surface area contributed by atoms with Gasteiger partial charge in [0, 0.05) is 12.2 Å². The van der Waals surface area contributed by atoms with Crippen LogP contribution in [0.3, 0.4) is 0 Å². The Kier molecular flexibility index (Phi) is 6.42. The second kappa shape index (κ2) is 7.84.